The number of aromatic nitrogens is 3. The first kappa shape index (κ1) is 19.4. The summed E-state index contributed by atoms with van der Waals surface area (Å²) in [4.78, 5) is 18.6. The quantitative estimate of drug-likeness (QED) is 0.690. The van der Waals surface area contributed by atoms with Crippen LogP contribution in [0.1, 0.15) is 13.3 Å². The van der Waals surface area contributed by atoms with Crippen LogP contribution in [0.3, 0.4) is 0 Å². The molecule has 1 aliphatic heterocycles. The standard InChI is InChI=1S/C16H19BrN4O3S2/c1-10(15(22)21(2)11-7-8-26(23,24)9-11)25-16-18-14(19-20-16)12-5-3-4-6-13(12)17/h3-6,10-11H,7-9H2,1-2H3,(H,18,19,20). The van der Waals surface area contributed by atoms with E-state index in [4.69, 9.17) is 0 Å². The highest BCUT2D eigenvalue weighted by molar-refractivity contribution is 9.10. The molecule has 2 aromatic rings. The van der Waals surface area contributed by atoms with E-state index in [1.165, 1.54) is 11.8 Å². The van der Waals surface area contributed by atoms with E-state index in [0.29, 0.717) is 17.4 Å². The van der Waals surface area contributed by atoms with Crippen molar-refractivity contribution in [1.82, 2.24) is 20.1 Å². The molecule has 2 unspecified atom stereocenters. The number of rotatable bonds is 5. The molecule has 0 saturated carbocycles. The molecule has 1 fully saturated rings. The summed E-state index contributed by atoms with van der Waals surface area (Å²) in [5, 5.41) is 7.13. The molecule has 0 aliphatic carbocycles. The second-order valence-corrected chi connectivity index (χ2v) is 10.6. The lowest BCUT2D eigenvalue weighted by atomic mass is 10.2. The molecule has 0 bridgehead atoms. The first-order chi connectivity index (χ1) is 12.3. The maximum absolute atomic E-state index is 12.6. The number of nitrogens with zero attached hydrogens (tertiary/aromatic N) is 3. The van der Waals surface area contributed by atoms with Gasteiger partial charge in [0.15, 0.2) is 15.7 Å². The van der Waals surface area contributed by atoms with Gasteiger partial charge in [0.2, 0.25) is 11.1 Å². The fourth-order valence-electron chi connectivity index (χ4n) is 2.83. The Kier molecular flexibility index (Phi) is 5.73. The smallest absolute Gasteiger partial charge is 0.235 e. The van der Waals surface area contributed by atoms with Crippen molar-refractivity contribution < 1.29 is 13.2 Å². The van der Waals surface area contributed by atoms with Crippen LogP contribution in [0.5, 0.6) is 0 Å². The third kappa shape index (κ3) is 4.29. The molecule has 0 spiro atoms. The topological polar surface area (TPSA) is 96.0 Å². The minimum absolute atomic E-state index is 0.0411. The van der Waals surface area contributed by atoms with Gasteiger partial charge in [-0.1, -0.05) is 45.9 Å². The molecule has 1 saturated heterocycles. The van der Waals surface area contributed by atoms with E-state index in [1.54, 1.807) is 18.9 Å². The van der Waals surface area contributed by atoms with Gasteiger partial charge in [0, 0.05) is 23.1 Å². The molecule has 140 valence electrons. The minimum Gasteiger partial charge on any atom is -0.341 e. The number of aromatic amines is 1. The molecule has 1 aliphatic rings. The summed E-state index contributed by atoms with van der Waals surface area (Å²) in [6.45, 7) is 1.78. The SMILES string of the molecule is CC(Sc1n[nH]c(-c2ccccc2Br)n1)C(=O)N(C)C1CCS(=O)(=O)C1. The number of sulfone groups is 1. The average Bonchev–Trinajstić information content (AvgIpc) is 3.20. The summed E-state index contributed by atoms with van der Waals surface area (Å²) in [5.74, 6) is 0.686. The maximum Gasteiger partial charge on any atom is 0.235 e. The second-order valence-electron chi connectivity index (χ2n) is 6.21. The Morgan fingerprint density at radius 1 is 1.42 bits per heavy atom. The van der Waals surface area contributed by atoms with Crippen LogP contribution in [0.4, 0.5) is 0 Å². The molecular weight excluding hydrogens is 440 g/mol. The first-order valence-corrected chi connectivity index (χ1v) is 11.6. The van der Waals surface area contributed by atoms with Gasteiger partial charge in [-0.25, -0.2) is 13.4 Å². The van der Waals surface area contributed by atoms with Crippen molar-refractivity contribution in [2.45, 2.75) is 29.8 Å². The Morgan fingerprint density at radius 2 is 2.15 bits per heavy atom. The average molecular weight is 459 g/mol. The molecule has 26 heavy (non-hydrogen) atoms. The number of benzene rings is 1. The number of hydrogen-bond donors (Lipinski definition) is 1. The van der Waals surface area contributed by atoms with Crippen LogP contribution in [-0.4, -0.2) is 64.3 Å². The number of hydrogen-bond acceptors (Lipinski definition) is 6. The fraction of sp³-hybridized carbons (Fsp3) is 0.438. The van der Waals surface area contributed by atoms with Gasteiger partial charge in [-0.15, -0.1) is 5.10 Å². The number of carbonyl (C=O) groups excluding carboxylic acids is 1. The molecule has 7 nitrogen and oxygen atoms in total. The number of thioether (sulfide) groups is 1. The molecular formula is C16H19BrN4O3S2. The lowest BCUT2D eigenvalue weighted by molar-refractivity contribution is -0.130. The van der Waals surface area contributed by atoms with Gasteiger partial charge in [-0.05, 0) is 19.4 Å². The van der Waals surface area contributed by atoms with Crippen LogP contribution in [0, 0.1) is 0 Å². The highest BCUT2D eigenvalue weighted by atomic mass is 79.9. The van der Waals surface area contributed by atoms with E-state index in [0.717, 1.165) is 10.0 Å². The summed E-state index contributed by atoms with van der Waals surface area (Å²) in [6.07, 6.45) is 0.495. The molecule has 10 heteroatoms. The third-order valence-electron chi connectivity index (χ3n) is 4.33. The number of amides is 1. The van der Waals surface area contributed by atoms with Crippen LogP contribution in [0.2, 0.25) is 0 Å². The lowest BCUT2D eigenvalue weighted by Gasteiger charge is -2.25. The Hall–Kier alpha value is -1.39. The van der Waals surface area contributed by atoms with Crippen molar-refractivity contribution in [3.8, 4) is 11.4 Å². The van der Waals surface area contributed by atoms with Crippen LogP contribution in [-0.2, 0) is 14.6 Å². The molecule has 1 N–H and O–H groups in total. The van der Waals surface area contributed by atoms with Crippen molar-refractivity contribution in [3.63, 3.8) is 0 Å². The van der Waals surface area contributed by atoms with Gasteiger partial charge in [0.25, 0.3) is 0 Å². The lowest BCUT2D eigenvalue weighted by Crippen LogP contribution is -2.41. The van der Waals surface area contributed by atoms with Crippen molar-refractivity contribution in [2.24, 2.45) is 0 Å². The van der Waals surface area contributed by atoms with Gasteiger partial charge in [-0.3, -0.25) is 9.89 Å². The van der Waals surface area contributed by atoms with Gasteiger partial charge in [0.05, 0.1) is 16.8 Å². The first-order valence-electron chi connectivity index (χ1n) is 8.08. The van der Waals surface area contributed by atoms with E-state index in [9.17, 15) is 13.2 Å². The molecule has 1 aromatic carbocycles. The van der Waals surface area contributed by atoms with Crippen molar-refractivity contribution >= 4 is 43.4 Å². The number of nitrogens with one attached hydrogen (secondary N) is 1. The Morgan fingerprint density at radius 3 is 2.81 bits per heavy atom. The van der Waals surface area contributed by atoms with Crippen LogP contribution in [0.15, 0.2) is 33.9 Å². The zero-order valence-electron chi connectivity index (χ0n) is 14.3. The monoisotopic (exact) mass is 458 g/mol. The predicted molar refractivity (Wildman–Crippen MR) is 105 cm³/mol. The van der Waals surface area contributed by atoms with Gasteiger partial charge >= 0.3 is 0 Å². The van der Waals surface area contributed by atoms with Crippen LogP contribution >= 0.6 is 27.7 Å². The highest BCUT2D eigenvalue weighted by Gasteiger charge is 2.34. The highest BCUT2D eigenvalue weighted by Crippen LogP contribution is 2.28. The van der Waals surface area contributed by atoms with E-state index in [1.807, 2.05) is 24.3 Å². The van der Waals surface area contributed by atoms with Gasteiger partial charge in [-0.2, -0.15) is 0 Å². The van der Waals surface area contributed by atoms with E-state index >= 15 is 0 Å². The Bertz CT molecular complexity index is 916. The Labute approximate surface area is 165 Å². The third-order valence-corrected chi connectivity index (χ3v) is 7.72. The second kappa shape index (κ2) is 7.69. The Balaban J connectivity index is 1.66. The summed E-state index contributed by atoms with van der Waals surface area (Å²) < 4.78 is 24.1. The van der Waals surface area contributed by atoms with Crippen LogP contribution in [0.25, 0.3) is 11.4 Å². The number of carbonyl (C=O) groups is 1. The summed E-state index contributed by atoms with van der Waals surface area (Å²) >= 11 is 4.73. The van der Waals surface area contributed by atoms with E-state index in [-0.39, 0.29) is 23.5 Å². The summed E-state index contributed by atoms with van der Waals surface area (Å²) in [7, 11) is -1.36. The van der Waals surface area contributed by atoms with Crippen LogP contribution < -0.4 is 0 Å². The maximum atomic E-state index is 12.6. The fourth-order valence-corrected chi connectivity index (χ4v) is 5.90. The van der Waals surface area contributed by atoms with Crippen molar-refractivity contribution in [1.29, 1.82) is 0 Å². The van der Waals surface area contributed by atoms with Crippen molar-refractivity contribution in [2.75, 3.05) is 18.6 Å². The zero-order chi connectivity index (χ0) is 18.9. The predicted octanol–water partition coefficient (Wildman–Crippen LogP) is 2.36. The minimum atomic E-state index is -3.02. The summed E-state index contributed by atoms with van der Waals surface area (Å²) in [6, 6.07) is 7.41. The zero-order valence-corrected chi connectivity index (χ0v) is 17.6. The largest absolute Gasteiger partial charge is 0.341 e. The van der Waals surface area contributed by atoms with Crippen molar-refractivity contribution in [3.05, 3.63) is 28.7 Å². The molecule has 2 atom stereocenters. The molecule has 2 heterocycles. The van der Waals surface area contributed by atoms with Gasteiger partial charge < -0.3 is 4.90 Å². The normalized spacial score (nSPS) is 20.0. The molecule has 1 amide bonds. The number of halogens is 1. The molecule has 3 rings (SSSR count). The summed E-state index contributed by atoms with van der Waals surface area (Å²) in [5.41, 5.74) is 0.888. The van der Waals surface area contributed by atoms with Gasteiger partial charge in [0.1, 0.15) is 0 Å². The molecule has 0 radical (unpaired) electrons. The van der Waals surface area contributed by atoms with E-state index in [2.05, 4.69) is 31.1 Å². The van der Waals surface area contributed by atoms with E-state index < -0.39 is 15.1 Å². The molecule has 1 aromatic heterocycles. The number of H-pyrrole nitrogens is 1.